The molecule has 1 nitrogen and oxygen atoms in total. The van der Waals surface area contributed by atoms with Gasteiger partial charge in [0.25, 0.3) is 0 Å². The monoisotopic (exact) mass is 231 g/mol. The summed E-state index contributed by atoms with van der Waals surface area (Å²) in [6.45, 7) is 0. The molecule has 2 N–H and O–H groups in total. The zero-order valence-electron chi connectivity index (χ0n) is 8.23. The molecule has 0 bridgehead atoms. The molecule has 1 atom stereocenters. The molecule has 0 aliphatic rings. The molecule has 0 unspecified atom stereocenters. The van der Waals surface area contributed by atoms with Gasteiger partial charge in [0, 0.05) is 11.8 Å². The second-order valence-electron chi connectivity index (χ2n) is 3.32. The topological polar surface area (TPSA) is 26.0 Å². The summed E-state index contributed by atoms with van der Waals surface area (Å²) in [7, 11) is 0. The van der Waals surface area contributed by atoms with Crippen LogP contribution in [0.3, 0.4) is 0 Å². The fourth-order valence-corrected chi connectivity index (χ4v) is 1.49. The summed E-state index contributed by atoms with van der Waals surface area (Å²) in [4.78, 5) is 0. The van der Waals surface area contributed by atoms with E-state index in [1.807, 2.05) is 6.07 Å². The summed E-state index contributed by atoms with van der Waals surface area (Å²) in [5, 5.41) is 0. The Bertz CT molecular complexity index is 228. The predicted molar refractivity (Wildman–Crippen MR) is 68.5 cm³/mol. The van der Waals surface area contributed by atoms with Gasteiger partial charge in [-0.1, -0.05) is 30.3 Å². The average molecular weight is 232 g/mol. The van der Waals surface area contributed by atoms with E-state index < -0.39 is 0 Å². The fraction of sp³-hybridized carbons (Fsp3) is 0.455. The zero-order chi connectivity index (χ0) is 9.52. The molecule has 80 valence electrons. The van der Waals surface area contributed by atoms with Gasteiger partial charge in [0.15, 0.2) is 0 Å². The third-order valence-electron chi connectivity index (χ3n) is 2.12. The van der Waals surface area contributed by atoms with Crippen molar-refractivity contribution < 1.29 is 0 Å². The van der Waals surface area contributed by atoms with Gasteiger partial charge in [-0.2, -0.15) is 12.6 Å². The normalized spacial score (nSPS) is 11.9. The summed E-state index contributed by atoms with van der Waals surface area (Å²) in [5.41, 5.74) is 7.16. The first kappa shape index (κ1) is 13.8. The summed E-state index contributed by atoms with van der Waals surface area (Å²) < 4.78 is 0. The van der Waals surface area contributed by atoms with Crippen molar-refractivity contribution in [1.82, 2.24) is 0 Å². The Morgan fingerprint density at radius 3 is 2.43 bits per heavy atom. The molecule has 0 saturated heterocycles. The summed E-state index contributed by atoms with van der Waals surface area (Å²) >= 11 is 4.15. The Balaban J connectivity index is 0.00000169. The number of nitrogens with two attached hydrogens (primary N) is 1. The first-order valence-corrected chi connectivity index (χ1v) is 5.36. The van der Waals surface area contributed by atoms with Gasteiger partial charge in [-0.05, 0) is 24.8 Å². The summed E-state index contributed by atoms with van der Waals surface area (Å²) in [6, 6.07) is 10.8. The Hall–Kier alpha value is -0.180. The first-order chi connectivity index (χ1) is 6.33. The van der Waals surface area contributed by atoms with E-state index in [4.69, 9.17) is 5.73 Å². The van der Waals surface area contributed by atoms with Crippen LogP contribution in [0.4, 0.5) is 0 Å². The number of hydrogen-bond acceptors (Lipinski definition) is 2. The molecular weight excluding hydrogens is 214 g/mol. The highest BCUT2D eigenvalue weighted by Gasteiger charge is 1.99. The van der Waals surface area contributed by atoms with E-state index >= 15 is 0 Å². The van der Waals surface area contributed by atoms with Crippen LogP contribution < -0.4 is 5.73 Å². The number of aryl methyl sites for hydroxylation is 1. The zero-order valence-corrected chi connectivity index (χ0v) is 9.94. The molecule has 14 heavy (non-hydrogen) atoms. The van der Waals surface area contributed by atoms with Crippen LogP contribution in [0, 0.1) is 0 Å². The first-order valence-electron chi connectivity index (χ1n) is 4.73. The Morgan fingerprint density at radius 2 is 1.86 bits per heavy atom. The second-order valence-corrected chi connectivity index (χ2v) is 3.69. The van der Waals surface area contributed by atoms with Crippen LogP contribution in [0.15, 0.2) is 30.3 Å². The number of rotatable bonds is 5. The van der Waals surface area contributed by atoms with Gasteiger partial charge in [0.1, 0.15) is 0 Å². The smallest absolute Gasteiger partial charge is 0.0128 e. The second kappa shape index (κ2) is 8.16. The van der Waals surface area contributed by atoms with E-state index in [1.54, 1.807) is 0 Å². The lowest BCUT2D eigenvalue weighted by molar-refractivity contribution is 0.632. The predicted octanol–water partition coefficient (Wildman–Crippen LogP) is 2.69. The average Bonchev–Trinajstić information content (AvgIpc) is 2.19. The molecule has 0 aromatic heterocycles. The molecule has 0 heterocycles. The minimum absolute atomic E-state index is 0. The van der Waals surface area contributed by atoms with Crippen LogP contribution in [-0.2, 0) is 6.42 Å². The van der Waals surface area contributed by atoms with Gasteiger partial charge >= 0.3 is 0 Å². The molecule has 0 amide bonds. The molecular formula is C11H18ClNS. The molecule has 0 aliphatic heterocycles. The maximum Gasteiger partial charge on any atom is 0.0128 e. The quantitative estimate of drug-likeness (QED) is 0.749. The highest BCUT2D eigenvalue weighted by molar-refractivity contribution is 7.80. The van der Waals surface area contributed by atoms with Crippen LogP contribution in [0.1, 0.15) is 18.4 Å². The number of halogens is 1. The molecule has 0 fully saturated rings. The maximum absolute atomic E-state index is 5.76. The number of hydrogen-bond donors (Lipinski definition) is 2. The van der Waals surface area contributed by atoms with Crippen molar-refractivity contribution in [3.63, 3.8) is 0 Å². The highest BCUT2D eigenvalue weighted by Crippen LogP contribution is 2.05. The minimum atomic E-state index is 0. The number of benzene rings is 1. The van der Waals surface area contributed by atoms with Crippen LogP contribution in [-0.4, -0.2) is 11.8 Å². The SMILES string of the molecule is Cl.N[C@H](CS)CCCc1ccccc1. The Kier molecular flexibility index (Phi) is 8.05. The lowest BCUT2D eigenvalue weighted by Gasteiger charge is -2.07. The lowest BCUT2D eigenvalue weighted by atomic mass is 10.1. The minimum Gasteiger partial charge on any atom is -0.327 e. The molecule has 1 aromatic carbocycles. The van der Waals surface area contributed by atoms with Crippen molar-refractivity contribution in [1.29, 1.82) is 0 Å². The van der Waals surface area contributed by atoms with E-state index in [9.17, 15) is 0 Å². The van der Waals surface area contributed by atoms with Crippen molar-refractivity contribution in [3.05, 3.63) is 35.9 Å². The van der Waals surface area contributed by atoms with E-state index in [1.165, 1.54) is 5.56 Å². The molecule has 0 spiro atoms. The van der Waals surface area contributed by atoms with Gasteiger partial charge in [0.2, 0.25) is 0 Å². The molecule has 0 saturated carbocycles. The van der Waals surface area contributed by atoms with E-state index in [0.717, 1.165) is 25.0 Å². The maximum atomic E-state index is 5.76. The third kappa shape index (κ3) is 5.53. The van der Waals surface area contributed by atoms with Crippen LogP contribution >= 0.6 is 25.0 Å². The van der Waals surface area contributed by atoms with Gasteiger partial charge in [-0.3, -0.25) is 0 Å². The van der Waals surface area contributed by atoms with Gasteiger partial charge in [0.05, 0.1) is 0 Å². The molecule has 0 aliphatic carbocycles. The number of thiol groups is 1. The fourth-order valence-electron chi connectivity index (χ4n) is 1.30. The van der Waals surface area contributed by atoms with Gasteiger partial charge < -0.3 is 5.73 Å². The largest absolute Gasteiger partial charge is 0.327 e. The van der Waals surface area contributed by atoms with Crippen molar-refractivity contribution in [2.45, 2.75) is 25.3 Å². The van der Waals surface area contributed by atoms with Crippen molar-refractivity contribution in [2.24, 2.45) is 5.73 Å². The molecule has 0 radical (unpaired) electrons. The van der Waals surface area contributed by atoms with E-state index in [-0.39, 0.29) is 18.4 Å². The summed E-state index contributed by atoms with van der Waals surface area (Å²) in [6.07, 6.45) is 3.35. The van der Waals surface area contributed by atoms with E-state index in [0.29, 0.717) is 0 Å². The highest BCUT2D eigenvalue weighted by atomic mass is 35.5. The van der Waals surface area contributed by atoms with Gasteiger partial charge in [-0.15, -0.1) is 12.4 Å². The van der Waals surface area contributed by atoms with Crippen LogP contribution in [0.5, 0.6) is 0 Å². The molecule has 1 rings (SSSR count). The van der Waals surface area contributed by atoms with Gasteiger partial charge in [-0.25, -0.2) is 0 Å². The standard InChI is InChI=1S/C11H17NS.ClH/c12-11(9-13)8-4-7-10-5-2-1-3-6-10;/h1-3,5-6,11,13H,4,7-9,12H2;1H/t11-;/m0./s1. The van der Waals surface area contributed by atoms with Crippen molar-refractivity contribution >= 4 is 25.0 Å². The Labute approximate surface area is 97.9 Å². The summed E-state index contributed by atoms with van der Waals surface area (Å²) in [5.74, 6) is 0.786. The molecule has 1 aromatic rings. The molecule has 3 heteroatoms. The van der Waals surface area contributed by atoms with E-state index in [2.05, 4.69) is 36.9 Å². The lowest BCUT2D eigenvalue weighted by Crippen LogP contribution is -2.21. The Morgan fingerprint density at radius 1 is 1.21 bits per heavy atom. The van der Waals surface area contributed by atoms with Crippen LogP contribution in [0.25, 0.3) is 0 Å². The van der Waals surface area contributed by atoms with Crippen molar-refractivity contribution in [2.75, 3.05) is 5.75 Å². The van der Waals surface area contributed by atoms with Crippen molar-refractivity contribution in [3.8, 4) is 0 Å². The third-order valence-corrected chi connectivity index (χ3v) is 2.59. The van der Waals surface area contributed by atoms with Crippen LogP contribution in [0.2, 0.25) is 0 Å².